The van der Waals surface area contributed by atoms with Crippen LogP contribution in [-0.4, -0.2) is 19.7 Å². The van der Waals surface area contributed by atoms with Crippen LogP contribution in [0.4, 0.5) is 0 Å². The van der Waals surface area contributed by atoms with Gasteiger partial charge >= 0.3 is 0 Å². The number of ether oxygens (including phenoxy) is 1. The number of hydrogen-bond donors (Lipinski definition) is 1. The van der Waals surface area contributed by atoms with Gasteiger partial charge in [-0.05, 0) is 62.4 Å². The first-order valence-electron chi connectivity index (χ1n) is 6.17. The van der Waals surface area contributed by atoms with Crippen molar-refractivity contribution in [3.63, 3.8) is 0 Å². The van der Waals surface area contributed by atoms with Crippen LogP contribution in [-0.2, 0) is 0 Å². The lowest BCUT2D eigenvalue weighted by atomic mass is 9.92. The summed E-state index contributed by atoms with van der Waals surface area (Å²) in [6, 6.07) is 4.49. The van der Waals surface area contributed by atoms with E-state index in [1.165, 1.54) is 23.1 Å². The molecule has 1 atom stereocenters. The molecule has 2 rings (SSSR count). The van der Waals surface area contributed by atoms with Crippen molar-refractivity contribution in [2.75, 3.05) is 19.7 Å². The van der Waals surface area contributed by atoms with Gasteiger partial charge in [-0.3, -0.25) is 0 Å². The third kappa shape index (κ3) is 2.22. The Morgan fingerprint density at radius 2 is 2.12 bits per heavy atom. The van der Waals surface area contributed by atoms with E-state index in [4.69, 9.17) is 4.74 Å². The van der Waals surface area contributed by atoms with Crippen LogP contribution in [0.25, 0.3) is 0 Å². The molecule has 1 saturated heterocycles. The average molecular weight is 219 g/mol. The quantitative estimate of drug-likeness (QED) is 0.844. The van der Waals surface area contributed by atoms with Crippen molar-refractivity contribution in [1.82, 2.24) is 5.32 Å². The summed E-state index contributed by atoms with van der Waals surface area (Å²) >= 11 is 0. The third-order valence-corrected chi connectivity index (χ3v) is 3.36. The van der Waals surface area contributed by atoms with Crippen LogP contribution in [0.2, 0.25) is 0 Å². The van der Waals surface area contributed by atoms with Crippen molar-refractivity contribution in [1.29, 1.82) is 0 Å². The molecule has 0 spiro atoms. The lowest BCUT2D eigenvalue weighted by molar-refractivity contribution is 0.337. The van der Waals surface area contributed by atoms with Crippen molar-refractivity contribution in [3.8, 4) is 5.75 Å². The van der Waals surface area contributed by atoms with E-state index in [2.05, 4.69) is 31.3 Å². The van der Waals surface area contributed by atoms with Gasteiger partial charge in [-0.2, -0.15) is 0 Å². The molecule has 1 aliphatic rings. The van der Waals surface area contributed by atoms with Gasteiger partial charge in [-0.1, -0.05) is 6.07 Å². The Kier molecular flexibility index (Phi) is 3.49. The van der Waals surface area contributed by atoms with Crippen molar-refractivity contribution in [2.24, 2.45) is 0 Å². The maximum Gasteiger partial charge on any atom is 0.122 e. The minimum Gasteiger partial charge on any atom is -0.494 e. The molecule has 0 saturated carbocycles. The highest BCUT2D eigenvalue weighted by molar-refractivity contribution is 5.43. The van der Waals surface area contributed by atoms with E-state index in [-0.39, 0.29) is 0 Å². The van der Waals surface area contributed by atoms with Crippen molar-refractivity contribution < 1.29 is 4.74 Å². The topological polar surface area (TPSA) is 21.3 Å². The summed E-state index contributed by atoms with van der Waals surface area (Å²) in [4.78, 5) is 0. The molecule has 16 heavy (non-hydrogen) atoms. The Hall–Kier alpha value is -1.02. The summed E-state index contributed by atoms with van der Waals surface area (Å²) < 4.78 is 5.62. The summed E-state index contributed by atoms with van der Waals surface area (Å²) in [5, 5.41) is 3.43. The molecule has 1 aliphatic heterocycles. The third-order valence-electron chi connectivity index (χ3n) is 3.36. The minimum absolute atomic E-state index is 0.689. The van der Waals surface area contributed by atoms with E-state index >= 15 is 0 Å². The summed E-state index contributed by atoms with van der Waals surface area (Å²) in [6.45, 7) is 9.37. The fraction of sp³-hybridized carbons (Fsp3) is 0.571. The highest BCUT2D eigenvalue weighted by Crippen LogP contribution is 2.30. The summed E-state index contributed by atoms with van der Waals surface area (Å²) in [7, 11) is 0. The van der Waals surface area contributed by atoms with E-state index in [9.17, 15) is 0 Å². The molecule has 2 nitrogen and oxygen atoms in total. The van der Waals surface area contributed by atoms with Gasteiger partial charge < -0.3 is 10.1 Å². The SMILES string of the molecule is CCOc1cc(C)c(C2CCNC2)cc1C. The van der Waals surface area contributed by atoms with Gasteiger partial charge in [-0.25, -0.2) is 0 Å². The normalized spacial score (nSPS) is 20.1. The predicted molar refractivity (Wildman–Crippen MR) is 67.3 cm³/mol. The molecular formula is C14H21NO. The Morgan fingerprint density at radius 1 is 1.31 bits per heavy atom. The predicted octanol–water partition coefficient (Wildman–Crippen LogP) is 2.78. The van der Waals surface area contributed by atoms with Crippen LogP contribution in [0.3, 0.4) is 0 Å². The highest BCUT2D eigenvalue weighted by Gasteiger charge is 2.19. The van der Waals surface area contributed by atoms with Gasteiger partial charge in [-0.15, -0.1) is 0 Å². The van der Waals surface area contributed by atoms with Crippen LogP contribution >= 0.6 is 0 Å². The van der Waals surface area contributed by atoms with Crippen LogP contribution in [0.15, 0.2) is 12.1 Å². The molecule has 1 aromatic carbocycles. The van der Waals surface area contributed by atoms with Gasteiger partial charge in [0.05, 0.1) is 6.61 Å². The Balaban J connectivity index is 2.29. The van der Waals surface area contributed by atoms with Crippen LogP contribution < -0.4 is 10.1 Å². The van der Waals surface area contributed by atoms with E-state index in [0.717, 1.165) is 25.4 Å². The molecular weight excluding hydrogens is 198 g/mol. The molecule has 0 bridgehead atoms. The van der Waals surface area contributed by atoms with E-state index in [1.54, 1.807) is 0 Å². The van der Waals surface area contributed by atoms with E-state index < -0.39 is 0 Å². The average Bonchev–Trinajstić information content (AvgIpc) is 2.76. The van der Waals surface area contributed by atoms with E-state index in [1.807, 2.05) is 6.92 Å². The Morgan fingerprint density at radius 3 is 2.75 bits per heavy atom. The second-order valence-electron chi connectivity index (χ2n) is 4.60. The molecule has 0 amide bonds. The zero-order valence-corrected chi connectivity index (χ0v) is 10.5. The van der Waals surface area contributed by atoms with Gasteiger partial charge in [0.25, 0.3) is 0 Å². The standard InChI is InChI=1S/C14H21NO/c1-4-16-14-8-10(2)13(7-11(14)3)12-5-6-15-9-12/h7-8,12,15H,4-6,9H2,1-3H3. The van der Waals surface area contributed by atoms with Gasteiger partial charge in [0.1, 0.15) is 5.75 Å². The number of aryl methyl sites for hydroxylation is 2. The van der Waals surface area contributed by atoms with Gasteiger partial charge in [0, 0.05) is 6.54 Å². The maximum atomic E-state index is 5.62. The number of rotatable bonds is 3. The maximum absolute atomic E-state index is 5.62. The fourth-order valence-electron chi connectivity index (χ4n) is 2.48. The first kappa shape index (κ1) is 11.5. The second kappa shape index (κ2) is 4.88. The smallest absolute Gasteiger partial charge is 0.122 e. The molecule has 1 heterocycles. The molecule has 1 aromatic rings. The van der Waals surface area contributed by atoms with Gasteiger partial charge in [0.15, 0.2) is 0 Å². The molecule has 1 N–H and O–H groups in total. The number of benzene rings is 1. The lowest BCUT2D eigenvalue weighted by Gasteiger charge is -2.16. The van der Waals surface area contributed by atoms with Crippen LogP contribution in [0.5, 0.6) is 5.75 Å². The summed E-state index contributed by atoms with van der Waals surface area (Å²) in [6.07, 6.45) is 1.26. The summed E-state index contributed by atoms with van der Waals surface area (Å²) in [5.41, 5.74) is 4.11. The number of nitrogens with one attached hydrogen (secondary N) is 1. The minimum atomic E-state index is 0.689. The van der Waals surface area contributed by atoms with Crippen LogP contribution in [0.1, 0.15) is 36.0 Å². The Bertz CT molecular complexity index is 367. The van der Waals surface area contributed by atoms with Crippen LogP contribution in [0, 0.1) is 13.8 Å². The van der Waals surface area contributed by atoms with Crippen molar-refractivity contribution >= 4 is 0 Å². The first-order chi connectivity index (χ1) is 7.72. The number of hydrogen-bond acceptors (Lipinski definition) is 2. The zero-order chi connectivity index (χ0) is 11.5. The monoisotopic (exact) mass is 219 g/mol. The molecule has 2 heteroatoms. The summed E-state index contributed by atoms with van der Waals surface area (Å²) in [5.74, 6) is 1.73. The van der Waals surface area contributed by atoms with E-state index in [0.29, 0.717) is 5.92 Å². The largest absolute Gasteiger partial charge is 0.494 e. The molecule has 0 aromatic heterocycles. The van der Waals surface area contributed by atoms with Gasteiger partial charge in [0.2, 0.25) is 0 Å². The zero-order valence-electron chi connectivity index (χ0n) is 10.5. The molecule has 0 aliphatic carbocycles. The molecule has 1 fully saturated rings. The molecule has 88 valence electrons. The van der Waals surface area contributed by atoms with Crippen molar-refractivity contribution in [3.05, 3.63) is 28.8 Å². The lowest BCUT2D eigenvalue weighted by Crippen LogP contribution is -2.09. The molecule has 0 radical (unpaired) electrons. The van der Waals surface area contributed by atoms with Crippen molar-refractivity contribution in [2.45, 2.75) is 33.1 Å². The highest BCUT2D eigenvalue weighted by atomic mass is 16.5. The Labute approximate surface area is 98.0 Å². The second-order valence-corrected chi connectivity index (χ2v) is 4.60. The molecule has 1 unspecified atom stereocenters. The fourth-order valence-corrected chi connectivity index (χ4v) is 2.48. The first-order valence-corrected chi connectivity index (χ1v) is 6.17.